The van der Waals surface area contributed by atoms with Crippen LogP contribution in [0.5, 0.6) is 0 Å². The highest BCUT2D eigenvalue weighted by Gasteiger charge is 2.50. The first kappa shape index (κ1) is 24.0. The molecule has 0 spiro atoms. The van der Waals surface area contributed by atoms with E-state index in [0.717, 1.165) is 5.56 Å². The van der Waals surface area contributed by atoms with E-state index in [1.54, 1.807) is 13.0 Å². The monoisotopic (exact) mass is 489 g/mol. The van der Waals surface area contributed by atoms with Crippen LogP contribution in [-0.4, -0.2) is 59.4 Å². The normalized spacial score (nSPS) is 22.0. The van der Waals surface area contributed by atoms with Gasteiger partial charge in [0.15, 0.2) is 5.82 Å². The molecule has 10 heteroatoms. The van der Waals surface area contributed by atoms with E-state index in [9.17, 15) is 19.1 Å². The van der Waals surface area contributed by atoms with Gasteiger partial charge in [-0.25, -0.2) is 19.0 Å². The Morgan fingerprint density at radius 2 is 1.97 bits per heavy atom. The highest BCUT2D eigenvalue weighted by atomic mass is 35.5. The Morgan fingerprint density at radius 3 is 2.71 bits per heavy atom. The van der Waals surface area contributed by atoms with E-state index in [-0.39, 0.29) is 36.3 Å². The summed E-state index contributed by atoms with van der Waals surface area (Å²) in [7, 11) is 0. The van der Waals surface area contributed by atoms with Gasteiger partial charge in [-0.2, -0.15) is 0 Å². The van der Waals surface area contributed by atoms with Gasteiger partial charge in [0.1, 0.15) is 12.4 Å². The molecule has 34 heavy (non-hydrogen) atoms. The topological polar surface area (TPSA) is 91.7 Å². The lowest BCUT2D eigenvalue weighted by Gasteiger charge is -2.30. The molecule has 1 saturated heterocycles. The van der Waals surface area contributed by atoms with Crippen LogP contribution in [0.4, 0.5) is 14.9 Å². The Balaban J connectivity index is 1.63. The minimum absolute atomic E-state index is 0.0379. The summed E-state index contributed by atoms with van der Waals surface area (Å²) < 4.78 is 25.4. The number of benzene rings is 2. The molecule has 0 bridgehead atoms. The lowest BCUT2D eigenvalue weighted by molar-refractivity contribution is -0.162. The number of carbonyl (C=O) groups is 2. The van der Waals surface area contributed by atoms with E-state index in [0.29, 0.717) is 19.4 Å². The predicted molar refractivity (Wildman–Crippen MR) is 124 cm³/mol. The van der Waals surface area contributed by atoms with Crippen LogP contribution in [0.25, 0.3) is 0 Å². The van der Waals surface area contributed by atoms with Crippen LogP contribution in [0.1, 0.15) is 25.3 Å². The Bertz CT molecular complexity index is 1100. The lowest BCUT2D eigenvalue weighted by Crippen LogP contribution is -2.48. The molecule has 2 heterocycles. The van der Waals surface area contributed by atoms with E-state index in [1.165, 1.54) is 21.9 Å². The van der Waals surface area contributed by atoms with Crippen molar-refractivity contribution >= 4 is 35.2 Å². The Hall–Kier alpha value is -3.17. The van der Waals surface area contributed by atoms with Gasteiger partial charge < -0.3 is 19.5 Å². The molecule has 2 aliphatic rings. The molecule has 0 saturated carbocycles. The molecule has 2 aliphatic heterocycles. The zero-order valence-corrected chi connectivity index (χ0v) is 19.4. The molecule has 1 fully saturated rings. The number of likely N-dealkylation sites (tertiary alicyclic amines) is 1. The predicted octanol–water partition coefficient (Wildman–Crippen LogP) is 3.75. The molecule has 0 radical (unpaired) electrons. The number of aliphatic hydroxyl groups is 1. The first-order chi connectivity index (χ1) is 16.3. The molecule has 2 atom stereocenters. The number of amides is 1. The molecule has 2 aromatic carbocycles. The number of nitrogens with zero attached hydrogens (tertiary/aromatic N) is 3. The van der Waals surface area contributed by atoms with Gasteiger partial charge >= 0.3 is 12.1 Å². The minimum Gasteiger partial charge on any atom is -0.462 e. The van der Waals surface area contributed by atoms with Crippen molar-refractivity contribution in [1.82, 2.24) is 4.90 Å². The summed E-state index contributed by atoms with van der Waals surface area (Å²) in [5.74, 6) is -1.50. The van der Waals surface area contributed by atoms with Crippen LogP contribution >= 0.6 is 11.6 Å². The van der Waals surface area contributed by atoms with Gasteiger partial charge in [-0.15, -0.1) is 0 Å². The Labute approximate surface area is 201 Å². The second kappa shape index (κ2) is 9.99. The molecule has 0 aromatic heterocycles. The SMILES string of the molecule is CCOC(=O)C1(O)CN(c2cccc(Cl)c2F)C([C@H]2CCCN2C(=O)OCc2ccccc2)=N1. The fraction of sp³-hybridized carbons (Fsp3) is 0.375. The van der Waals surface area contributed by atoms with E-state index >= 15 is 0 Å². The number of hydrogen-bond donors (Lipinski definition) is 1. The van der Waals surface area contributed by atoms with Crippen LogP contribution in [0, 0.1) is 5.82 Å². The molecule has 0 aliphatic carbocycles. The zero-order chi connectivity index (χ0) is 24.3. The van der Waals surface area contributed by atoms with E-state index < -0.39 is 29.6 Å². The third-order valence-corrected chi connectivity index (χ3v) is 6.06. The molecule has 1 amide bonds. The lowest BCUT2D eigenvalue weighted by atomic mass is 10.1. The molecular formula is C24H25ClFN3O5. The molecule has 2 aromatic rings. The summed E-state index contributed by atoms with van der Waals surface area (Å²) in [6, 6.07) is 13.1. The van der Waals surface area contributed by atoms with Crippen molar-refractivity contribution in [1.29, 1.82) is 0 Å². The quantitative estimate of drug-likeness (QED) is 0.621. The number of halogens is 2. The van der Waals surface area contributed by atoms with Crippen molar-refractivity contribution in [2.75, 3.05) is 24.6 Å². The average Bonchev–Trinajstić information content (AvgIpc) is 3.45. The molecule has 1 unspecified atom stereocenters. The summed E-state index contributed by atoms with van der Waals surface area (Å²) >= 11 is 5.98. The number of esters is 1. The van der Waals surface area contributed by atoms with E-state index in [1.807, 2.05) is 30.3 Å². The number of rotatable bonds is 6. The second-order valence-corrected chi connectivity index (χ2v) is 8.46. The van der Waals surface area contributed by atoms with Crippen molar-refractivity contribution in [3.05, 3.63) is 64.9 Å². The summed E-state index contributed by atoms with van der Waals surface area (Å²) in [6.45, 7) is 1.76. The summed E-state index contributed by atoms with van der Waals surface area (Å²) in [6.07, 6.45) is 0.581. The maximum Gasteiger partial charge on any atom is 0.410 e. The third-order valence-electron chi connectivity index (χ3n) is 5.77. The number of aliphatic imine (C=N–C) groups is 1. The standard InChI is InChI=1S/C24H25ClFN3O5/c1-2-33-22(30)24(32)15-29(18-11-6-10-17(25)20(18)26)21(27-24)19-12-7-13-28(19)23(31)34-14-16-8-4-3-5-9-16/h3-6,8-11,19,32H,2,7,12-15H2,1H3/t19-,24?/m1/s1. The van der Waals surface area contributed by atoms with Crippen LogP contribution in [-0.2, 0) is 20.9 Å². The average molecular weight is 490 g/mol. The van der Waals surface area contributed by atoms with Gasteiger partial charge in [0, 0.05) is 6.54 Å². The summed E-state index contributed by atoms with van der Waals surface area (Å²) in [5, 5.41) is 10.9. The Morgan fingerprint density at radius 1 is 1.21 bits per heavy atom. The smallest absolute Gasteiger partial charge is 0.410 e. The Kier molecular flexibility index (Phi) is 7.04. The zero-order valence-electron chi connectivity index (χ0n) is 18.6. The highest BCUT2D eigenvalue weighted by molar-refractivity contribution is 6.31. The highest BCUT2D eigenvalue weighted by Crippen LogP contribution is 2.35. The first-order valence-electron chi connectivity index (χ1n) is 11.0. The van der Waals surface area contributed by atoms with Gasteiger partial charge in [0.05, 0.1) is 29.9 Å². The maximum absolute atomic E-state index is 14.9. The third kappa shape index (κ3) is 4.71. The van der Waals surface area contributed by atoms with Crippen molar-refractivity contribution in [3.63, 3.8) is 0 Å². The van der Waals surface area contributed by atoms with E-state index in [2.05, 4.69) is 4.99 Å². The summed E-state index contributed by atoms with van der Waals surface area (Å²) in [4.78, 5) is 32.6. The van der Waals surface area contributed by atoms with Crippen molar-refractivity contribution in [2.45, 2.75) is 38.1 Å². The molecule has 180 valence electrons. The number of hydrogen-bond acceptors (Lipinski definition) is 7. The maximum atomic E-state index is 14.9. The van der Waals surface area contributed by atoms with Crippen LogP contribution in [0.15, 0.2) is 53.5 Å². The number of β-amino-alcohol motifs (C(OH)–C–C–N with tert-alkyl or cyclic N) is 1. The van der Waals surface area contributed by atoms with Crippen LogP contribution in [0.2, 0.25) is 5.02 Å². The van der Waals surface area contributed by atoms with Gasteiger partial charge in [-0.3, -0.25) is 4.90 Å². The molecule has 1 N–H and O–H groups in total. The van der Waals surface area contributed by atoms with E-state index in [4.69, 9.17) is 21.1 Å². The largest absolute Gasteiger partial charge is 0.462 e. The number of ether oxygens (including phenoxy) is 2. The van der Waals surface area contributed by atoms with Crippen LogP contribution in [0.3, 0.4) is 0 Å². The van der Waals surface area contributed by atoms with Gasteiger partial charge in [0.25, 0.3) is 5.72 Å². The van der Waals surface area contributed by atoms with Gasteiger partial charge in [0.2, 0.25) is 0 Å². The van der Waals surface area contributed by atoms with Gasteiger partial charge in [-0.05, 0) is 37.5 Å². The molecule has 4 rings (SSSR count). The van der Waals surface area contributed by atoms with Crippen molar-refractivity contribution < 1.29 is 28.6 Å². The van der Waals surface area contributed by atoms with Crippen molar-refractivity contribution in [3.8, 4) is 0 Å². The second-order valence-electron chi connectivity index (χ2n) is 8.06. The van der Waals surface area contributed by atoms with Crippen LogP contribution < -0.4 is 4.90 Å². The number of carbonyl (C=O) groups excluding carboxylic acids is 2. The summed E-state index contributed by atoms with van der Waals surface area (Å²) in [5.41, 5.74) is -1.37. The fourth-order valence-corrected chi connectivity index (χ4v) is 4.33. The molecule has 8 nitrogen and oxygen atoms in total. The fourth-order valence-electron chi connectivity index (χ4n) is 4.16. The van der Waals surface area contributed by atoms with Crippen molar-refractivity contribution in [2.24, 2.45) is 4.99 Å². The molecular weight excluding hydrogens is 465 g/mol. The first-order valence-corrected chi connectivity index (χ1v) is 11.4. The van der Waals surface area contributed by atoms with Gasteiger partial charge in [-0.1, -0.05) is 48.0 Å². The minimum atomic E-state index is -2.25. The number of anilines is 1. The number of amidine groups is 1.